The van der Waals surface area contributed by atoms with Gasteiger partial charge in [0, 0.05) is 52.2 Å². The van der Waals surface area contributed by atoms with Gasteiger partial charge in [0.15, 0.2) is 5.65 Å². The Morgan fingerprint density at radius 3 is 2.65 bits per heavy atom. The number of aryl methyl sites for hydroxylation is 2. The SMILES string of the molecule is Cc1ccc(-c2cnc3c(Nc4ccccc4)cc(C(O)NCc4ccc(C)[n+](O)c4)cn23)s1. The van der Waals surface area contributed by atoms with Crippen molar-refractivity contribution in [3.8, 4) is 10.6 Å². The van der Waals surface area contributed by atoms with Gasteiger partial charge in [0.05, 0.1) is 22.5 Å². The van der Waals surface area contributed by atoms with Gasteiger partial charge in [0.25, 0.3) is 0 Å². The van der Waals surface area contributed by atoms with Crippen LogP contribution in [0, 0.1) is 13.8 Å². The van der Waals surface area contributed by atoms with Crippen molar-refractivity contribution in [1.29, 1.82) is 0 Å². The normalized spacial score (nSPS) is 12.2. The van der Waals surface area contributed by atoms with Crippen LogP contribution in [0.4, 0.5) is 11.4 Å². The first-order valence-electron chi connectivity index (χ1n) is 11.0. The number of benzene rings is 1. The topological polar surface area (TPSA) is 85.7 Å². The summed E-state index contributed by atoms with van der Waals surface area (Å²) in [6.07, 6.45) is 4.50. The molecule has 4 aromatic heterocycles. The molecule has 8 heteroatoms. The molecule has 0 aliphatic rings. The maximum Gasteiger partial charge on any atom is 0.231 e. The molecule has 0 fully saturated rings. The number of aliphatic hydroxyl groups excluding tert-OH is 1. The number of imidazole rings is 1. The van der Waals surface area contributed by atoms with Crippen LogP contribution in [-0.2, 0) is 6.54 Å². The van der Waals surface area contributed by atoms with Gasteiger partial charge in [-0.1, -0.05) is 18.2 Å². The zero-order valence-corrected chi connectivity index (χ0v) is 19.8. The second-order valence-corrected chi connectivity index (χ2v) is 9.52. The van der Waals surface area contributed by atoms with Gasteiger partial charge < -0.3 is 10.4 Å². The molecular formula is C26H26N5O2S+. The lowest BCUT2D eigenvalue weighted by molar-refractivity contribution is -0.909. The summed E-state index contributed by atoms with van der Waals surface area (Å²) in [5.74, 6) is 0. The van der Waals surface area contributed by atoms with Crippen LogP contribution in [-0.4, -0.2) is 19.7 Å². The summed E-state index contributed by atoms with van der Waals surface area (Å²) in [4.78, 5) is 7.03. The number of fused-ring (bicyclic) bond motifs is 1. The summed E-state index contributed by atoms with van der Waals surface area (Å²) in [6, 6.07) is 19.8. The van der Waals surface area contributed by atoms with E-state index in [9.17, 15) is 10.3 Å². The van der Waals surface area contributed by atoms with Crippen molar-refractivity contribution in [3.05, 3.63) is 101 Å². The van der Waals surface area contributed by atoms with E-state index in [1.165, 1.54) is 4.88 Å². The molecule has 0 saturated heterocycles. The monoisotopic (exact) mass is 472 g/mol. The Bertz CT molecular complexity index is 1440. The van der Waals surface area contributed by atoms with Gasteiger partial charge in [0.2, 0.25) is 11.9 Å². The fraction of sp³-hybridized carbons (Fsp3) is 0.154. The van der Waals surface area contributed by atoms with E-state index in [1.807, 2.05) is 72.2 Å². The van der Waals surface area contributed by atoms with E-state index >= 15 is 0 Å². The van der Waals surface area contributed by atoms with Gasteiger partial charge in [-0.2, -0.15) is 0 Å². The van der Waals surface area contributed by atoms with E-state index in [1.54, 1.807) is 17.5 Å². The molecule has 0 aliphatic heterocycles. The maximum absolute atomic E-state index is 11.0. The Morgan fingerprint density at radius 2 is 1.91 bits per heavy atom. The van der Waals surface area contributed by atoms with Crippen LogP contribution in [0.15, 0.2) is 79.3 Å². The molecule has 0 aliphatic carbocycles. The average molecular weight is 473 g/mol. The van der Waals surface area contributed by atoms with Crippen molar-refractivity contribution in [2.45, 2.75) is 26.6 Å². The van der Waals surface area contributed by atoms with Crippen LogP contribution in [0.3, 0.4) is 0 Å². The van der Waals surface area contributed by atoms with Gasteiger partial charge in [-0.05, 0) is 43.3 Å². The largest absolute Gasteiger partial charge is 0.374 e. The number of pyridine rings is 2. The highest BCUT2D eigenvalue weighted by molar-refractivity contribution is 7.15. The number of rotatable bonds is 7. The van der Waals surface area contributed by atoms with E-state index in [0.29, 0.717) is 12.1 Å². The molecule has 0 amide bonds. The van der Waals surface area contributed by atoms with Crippen LogP contribution in [0.1, 0.15) is 27.9 Å². The predicted octanol–water partition coefficient (Wildman–Crippen LogP) is 4.73. The van der Waals surface area contributed by atoms with Crippen LogP contribution in [0.25, 0.3) is 16.2 Å². The molecule has 0 bridgehead atoms. The molecule has 1 aromatic carbocycles. The number of aromatic nitrogens is 3. The molecule has 34 heavy (non-hydrogen) atoms. The summed E-state index contributed by atoms with van der Waals surface area (Å²) in [6.45, 7) is 4.29. The number of thiophene rings is 1. The van der Waals surface area contributed by atoms with Crippen LogP contribution < -0.4 is 15.4 Å². The van der Waals surface area contributed by atoms with Crippen LogP contribution in [0.5, 0.6) is 0 Å². The number of nitrogens with zero attached hydrogens (tertiary/aromatic N) is 3. The number of nitrogens with one attached hydrogen (secondary N) is 2. The van der Waals surface area contributed by atoms with Crippen molar-refractivity contribution < 1.29 is 15.0 Å². The predicted molar refractivity (Wildman–Crippen MR) is 133 cm³/mol. The molecule has 1 unspecified atom stereocenters. The third-order valence-corrected chi connectivity index (χ3v) is 6.70. The second-order valence-electron chi connectivity index (χ2n) is 8.23. The Morgan fingerprint density at radius 1 is 1.09 bits per heavy atom. The minimum Gasteiger partial charge on any atom is -0.374 e. The molecule has 0 spiro atoms. The highest BCUT2D eigenvalue weighted by atomic mass is 32.1. The van der Waals surface area contributed by atoms with Crippen molar-refractivity contribution >= 4 is 28.4 Å². The number of hydrogen-bond donors (Lipinski definition) is 4. The third-order valence-electron chi connectivity index (χ3n) is 5.68. The molecule has 172 valence electrons. The fourth-order valence-corrected chi connectivity index (χ4v) is 4.70. The van der Waals surface area contributed by atoms with Crippen molar-refractivity contribution in [2.75, 3.05) is 5.32 Å². The van der Waals surface area contributed by atoms with E-state index in [4.69, 9.17) is 0 Å². The highest BCUT2D eigenvalue weighted by Crippen LogP contribution is 2.32. The van der Waals surface area contributed by atoms with E-state index in [0.717, 1.165) is 43.6 Å². The smallest absolute Gasteiger partial charge is 0.231 e. The first-order chi connectivity index (χ1) is 16.5. The van der Waals surface area contributed by atoms with Crippen LogP contribution >= 0.6 is 11.3 Å². The summed E-state index contributed by atoms with van der Waals surface area (Å²) < 4.78 is 3.10. The standard InChI is InChI=1S/C26H26N5O2S/c1-17-8-10-19(15-31(17)33)13-28-26(32)20-12-22(29-21-6-4-3-5-7-21)25-27-14-23(30(25)16-20)24-11-9-18(2)34-24/h3-12,14-16,26,28-29,32-33H,13H2,1-2H3/q+1. The molecule has 1 atom stereocenters. The first kappa shape index (κ1) is 22.1. The summed E-state index contributed by atoms with van der Waals surface area (Å²) >= 11 is 1.71. The minimum absolute atomic E-state index is 0.391. The van der Waals surface area contributed by atoms with E-state index in [-0.39, 0.29) is 0 Å². The number of anilines is 2. The Kier molecular flexibility index (Phi) is 6.02. The summed E-state index contributed by atoms with van der Waals surface area (Å²) in [7, 11) is 0. The molecule has 5 rings (SSSR count). The lowest BCUT2D eigenvalue weighted by Crippen LogP contribution is -2.34. The Labute approximate surface area is 201 Å². The Hall–Kier alpha value is -3.72. The van der Waals surface area contributed by atoms with E-state index in [2.05, 4.69) is 34.7 Å². The molecule has 5 aromatic rings. The van der Waals surface area contributed by atoms with Crippen molar-refractivity contribution in [2.24, 2.45) is 0 Å². The average Bonchev–Trinajstić information content (AvgIpc) is 3.46. The molecule has 4 N–H and O–H groups in total. The highest BCUT2D eigenvalue weighted by Gasteiger charge is 2.17. The molecule has 4 heterocycles. The Balaban J connectivity index is 1.51. The molecule has 0 saturated carbocycles. The number of para-hydroxylation sites is 1. The van der Waals surface area contributed by atoms with Gasteiger partial charge in [-0.25, -0.2) is 4.98 Å². The lowest BCUT2D eigenvalue weighted by atomic mass is 10.2. The third kappa shape index (κ3) is 4.51. The second kappa shape index (κ2) is 9.26. The molecular weight excluding hydrogens is 446 g/mol. The minimum atomic E-state index is -0.922. The quantitative estimate of drug-likeness (QED) is 0.156. The zero-order valence-electron chi connectivity index (χ0n) is 18.9. The summed E-state index contributed by atoms with van der Waals surface area (Å²) in [5, 5.41) is 27.5. The van der Waals surface area contributed by atoms with Crippen LogP contribution in [0.2, 0.25) is 0 Å². The number of hydrogen-bond acceptors (Lipinski definition) is 6. The van der Waals surface area contributed by atoms with Gasteiger partial charge in [-0.3, -0.25) is 14.9 Å². The maximum atomic E-state index is 11.0. The fourth-order valence-electron chi connectivity index (χ4n) is 3.82. The van der Waals surface area contributed by atoms with Gasteiger partial charge >= 0.3 is 0 Å². The number of aliphatic hydroxyl groups is 1. The first-order valence-corrected chi connectivity index (χ1v) is 11.8. The summed E-state index contributed by atoms with van der Waals surface area (Å²) in [5.41, 5.74) is 5.78. The van der Waals surface area contributed by atoms with Gasteiger partial charge in [0.1, 0.15) is 6.23 Å². The van der Waals surface area contributed by atoms with Crippen molar-refractivity contribution in [3.63, 3.8) is 0 Å². The van der Waals surface area contributed by atoms with E-state index < -0.39 is 6.23 Å². The lowest BCUT2D eigenvalue weighted by Gasteiger charge is -2.16. The van der Waals surface area contributed by atoms with Crippen molar-refractivity contribution in [1.82, 2.24) is 14.7 Å². The molecule has 0 radical (unpaired) electrons. The molecule has 7 nitrogen and oxygen atoms in total. The zero-order chi connectivity index (χ0) is 23.7. The van der Waals surface area contributed by atoms with Gasteiger partial charge in [-0.15, -0.1) is 11.3 Å².